The van der Waals surface area contributed by atoms with Crippen LogP contribution >= 0.6 is 23.2 Å². The summed E-state index contributed by atoms with van der Waals surface area (Å²) < 4.78 is 5.70. The first-order valence-corrected chi connectivity index (χ1v) is 9.22. The molecule has 0 radical (unpaired) electrons. The van der Waals surface area contributed by atoms with Gasteiger partial charge in [0, 0.05) is 10.6 Å². The maximum absolute atomic E-state index is 12.3. The number of aliphatic carboxylic acids is 1. The van der Waals surface area contributed by atoms with Gasteiger partial charge >= 0.3 is 5.97 Å². The summed E-state index contributed by atoms with van der Waals surface area (Å²) in [6, 6.07) is 20.0. The predicted molar refractivity (Wildman–Crippen MR) is 112 cm³/mol. The van der Waals surface area contributed by atoms with Crippen LogP contribution in [-0.2, 0) is 4.79 Å². The molecule has 0 unspecified atom stereocenters. The molecule has 0 atom stereocenters. The van der Waals surface area contributed by atoms with Gasteiger partial charge in [-0.05, 0) is 54.1 Å². The highest BCUT2D eigenvalue weighted by molar-refractivity contribution is 6.32. The second kappa shape index (κ2) is 9.28. The highest BCUT2D eigenvalue weighted by Crippen LogP contribution is 2.29. The fourth-order valence-electron chi connectivity index (χ4n) is 2.43. The summed E-state index contributed by atoms with van der Waals surface area (Å²) >= 11 is 11.9. The summed E-state index contributed by atoms with van der Waals surface area (Å²) in [5.41, 5.74) is 0.559. The lowest BCUT2D eigenvalue weighted by Gasteiger charge is -2.08. The van der Waals surface area contributed by atoms with Crippen LogP contribution in [0.15, 0.2) is 78.5 Å². The maximum Gasteiger partial charge on any atom is 0.352 e. The van der Waals surface area contributed by atoms with E-state index in [-0.39, 0.29) is 11.3 Å². The van der Waals surface area contributed by atoms with Crippen molar-refractivity contribution < 1.29 is 19.4 Å². The average Bonchev–Trinajstić information content (AvgIpc) is 2.70. The summed E-state index contributed by atoms with van der Waals surface area (Å²) in [6.45, 7) is 0. The minimum atomic E-state index is -1.27. The van der Waals surface area contributed by atoms with E-state index in [1.165, 1.54) is 12.1 Å². The number of halogens is 2. The molecule has 0 spiro atoms. The molecule has 2 N–H and O–H groups in total. The van der Waals surface area contributed by atoms with Crippen molar-refractivity contribution >= 4 is 41.2 Å². The number of carboxylic acids is 1. The van der Waals surface area contributed by atoms with Crippen molar-refractivity contribution in [2.75, 3.05) is 0 Å². The number of amides is 1. The molecule has 5 nitrogen and oxygen atoms in total. The Labute approximate surface area is 177 Å². The first-order chi connectivity index (χ1) is 13.9. The molecule has 0 saturated carbocycles. The molecule has 0 aromatic heterocycles. The Morgan fingerprint density at radius 2 is 1.66 bits per heavy atom. The Balaban J connectivity index is 1.76. The number of nitrogens with one attached hydrogen (secondary N) is 1. The Morgan fingerprint density at radius 3 is 2.31 bits per heavy atom. The van der Waals surface area contributed by atoms with Gasteiger partial charge in [0.1, 0.15) is 17.2 Å². The molecule has 0 bridgehead atoms. The first kappa shape index (κ1) is 20.5. The Kier molecular flexibility index (Phi) is 6.54. The smallest absolute Gasteiger partial charge is 0.352 e. The van der Waals surface area contributed by atoms with Gasteiger partial charge in [0.15, 0.2) is 0 Å². The third-order valence-corrected chi connectivity index (χ3v) is 4.37. The van der Waals surface area contributed by atoms with Gasteiger partial charge in [0.25, 0.3) is 5.91 Å². The van der Waals surface area contributed by atoms with Crippen LogP contribution < -0.4 is 10.1 Å². The standard InChI is InChI=1S/C22H15Cl2NO4/c23-16-5-3-4-15(13-16)21(26)25-19(22(27)28)12-14-8-10-17(11-9-14)29-20-7-2-1-6-18(20)24/h1-13H,(H,25,26)(H,27,28). The molecule has 1 amide bonds. The van der Waals surface area contributed by atoms with Gasteiger partial charge in [0.2, 0.25) is 0 Å². The van der Waals surface area contributed by atoms with E-state index < -0.39 is 11.9 Å². The summed E-state index contributed by atoms with van der Waals surface area (Å²) in [7, 11) is 0. The molecule has 0 aliphatic carbocycles. The van der Waals surface area contributed by atoms with Crippen molar-refractivity contribution in [3.63, 3.8) is 0 Å². The minimum Gasteiger partial charge on any atom is -0.477 e. The van der Waals surface area contributed by atoms with Crippen molar-refractivity contribution in [3.8, 4) is 11.5 Å². The Morgan fingerprint density at radius 1 is 0.931 bits per heavy atom. The molecule has 0 heterocycles. The molecule has 0 saturated heterocycles. The van der Waals surface area contributed by atoms with E-state index in [9.17, 15) is 14.7 Å². The second-order valence-electron chi connectivity index (χ2n) is 5.93. The quantitative estimate of drug-likeness (QED) is 0.498. The van der Waals surface area contributed by atoms with Crippen molar-refractivity contribution in [3.05, 3.63) is 99.7 Å². The van der Waals surface area contributed by atoms with Gasteiger partial charge in [-0.3, -0.25) is 4.79 Å². The number of para-hydroxylation sites is 1. The monoisotopic (exact) mass is 427 g/mol. The fourth-order valence-corrected chi connectivity index (χ4v) is 2.79. The van der Waals surface area contributed by atoms with Crippen LogP contribution in [0.5, 0.6) is 11.5 Å². The van der Waals surface area contributed by atoms with Crippen LogP contribution in [0.25, 0.3) is 6.08 Å². The summed E-state index contributed by atoms with van der Waals surface area (Å²) in [4.78, 5) is 23.8. The lowest BCUT2D eigenvalue weighted by atomic mass is 10.1. The Bertz CT molecular complexity index is 1080. The predicted octanol–water partition coefficient (Wildman–Crippen LogP) is 5.64. The summed E-state index contributed by atoms with van der Waals surface area (Å²) in [6.07, 6.45) is 1.35. The lowest BCUT2D eigenvalue weighted by Crippen LogP contribution is -2.27. The van der Waals surface area contributed by atoms with E-state index in [1.807, 2.05) is 0 Å². The number of hydrogen-bond acceptors (Lipinski definition) is 3. The largest absolute Gasteiger partial charge is 0.477 e. The van der Waals surface area contributed by atoms with Crippen LogP contribution in [-0.4, -0.2) is 17.0 Å². The lowest BCUT2D eigenvalue weighted by molar-refractivity contribution is -0.132. The molecule has 0 aliphatic heterocycles. The van der Waals surface area contributed by atoms with Crippen LogP contribution in [0, 0.1) is 0 Å². The molecule has 3 aromatic carbocycles. The van der Waals surface area contributed by atoms with Crippen LogP contribution in [0.4, 0.5) is 0 Å². The second-order valence-corrected chi connectivity index (χ2v) is 6.77. The maximum atomic E-state index is 12.3. The zero-order valence-corrected chi connectivity index (χ0v) is 16.4. The number of ether oxygens (including phenoxy) is 1. The first-order valence-electron chi connectivity index (χ1n) is 8.47. The summed E-state index contributed by atoms with van der Waals surface area (Å²) in [5.74, 6) is -0.788. The third-order valence-electron chi connectivity index (χ3n) is 3.82. The SMILES string of the molecule is O=C(O)C(=Cc1ccc(Oc2ccccc2Cl)cc1)NC(=O)c1cccc(Cl)c1. The van der Waals surface area contributed by atoms with Gasteiger partial charge in [0.05, 0.1) is 5.02 Å². The highest BCUT2D eigenvalue weighted by Gasteiger charge is 2.14. The van der Waals surface area contributed by atoms with Crippen LogP contribution in [0.1, 0.15) is 15.9 Å². The number of benzene rings is 3. The van der Waals surface area contributed by atoms with E-state index in [4.69, 9.17) is 27.9 Å². The van der Waals surface area contributed by atoms with Crippen molar-refractivity contribution in [2.24, 2.45) is 0 Å². The van der Waals surface area contributed by atoms with E-state index in [1.54, 1.807) is 66.7 Å². The minimum absolute atomic E-state index is 0.258. The zero-order valence-electron chi connectivity index (χ0n) is 14.9. The van der Waals surface area contributed by atoms with Gasteiger partial charge in [-0.1, -0.05) is 53.5 Å². The number of carboxylic acid groups (broad SMARTS) is 1. The van der Waals surface area contributed by atoms with Crippen molar-refractivity contribution in [2.45, 2.75) is 0 Å². The number of rotatable bonds is 6. The molecule has 0 aliphatic rings. The van der Waals surface area contributed by atoms with E-state index in [0.717, 1.165) is 0 Å². The van der Waals surface area contributed by atoms with Crippen molar-refractivity contribution in [1.29, 1.82) is 0 Å². The zero-order chi connectivity index (χ0) is 20.8. The highest BCUT2D eigenvalue weighted by atomic mass is 35.5. The number of carbonyl (C=O) groups excluding carboxylic acids is 1. The molecule has 3 aromatic rings. The van der Waals surface area contributed by atoms with Crippen molar-refractivity contribution in [1.82, 2.24) is 5.32 Å². The molecule has 3 rings (SSSR count). The van der Waals surface area contributed by atoms with E-state index in [0.29, 0.717) is 27.1 Å². The molecule has 7 heteroatoms. The Hall–Kier alpha value is -3.28. The number of hydrogen-bond donors (Lipinski definition) is 2. The third kappa shape index (κ3) is 5.60. The summed E-state index contributed by atoms with van der Waals surface area (Å²) in [5, 5.41) is 12.7. The molecule has 146 valence electrons. The average molecular weight is 428 g/mol. The van der Waals surface area contributed by atoms with E-state index >= 15 is 0 Å². The molecular weight excluding hydrogens is 413 g/mol. The molecular formula is C22H15Cl2NO4. The van der Waals surface area contributed by atoms with Crippen LogP contribution in [0.3, 0.4) is 0 Å². The fraction of sp³-hybridized carbons (Fsp3) is 0. The van der Waals surface area contributed by atoms with Crippen LogP contribution in [0.2, 0.25) is 10.0 Å². The topological polar surface area (TPSA) is 75.6 Å². The number of carbonyl (C=O) groups is 2. The molecule has 29 heavy (non-hydrogen) atoms. The van der Waals surface area contributed by atoms with Gasteiger partial charge < -0.3 is 15.2 Å². The van der Waals surface area contributed by atoms with Gasteiger partial charge in [-0.2, -0.15) is 0 Å². The van der Waals surface area contributed by atoms with Gasteiger partial charge in [-0.25, -0.2) is 4.79 Å². The molecule has 0 fully saturated rings. The van der Waals surface area contributed by atoms with Gasteiger partial charge in [-0.15, -0.1) is 0 Å². The van der Waals surface area contributed by atoms with E-state index in [2.05, 4.69) is 5.32 Å². The normalized spacial score (nSPS) is 11.0.